The molecule has 3 aromatic rings. The third-order valence-electron chi connectivity index (χ3n) is 6.22. The topological polar surface area (TPSA) is 189 Å². The fourth-order valence-electron chi connectivity index (χ4n) is 4.17. The number of amides is 2. The van der Waals surface area contributed by atoms with E-state index in [-0.39, 0.29) is 56.6 Å². The number of methoxy groups -OCH3 is 1. The summed E-state index contributed by atoms with van der Waals surface area (Å²) in [4.78, 5) is 38.1. The average Bonchev–Trinajstić information content (AvgIpc) is 3.14. The Morgan fingerprint density at radius 3 is 1.04 bits per heavy atom. The second-order valence-electron chi connectivity index (χ2n) is 9.88. The molecule has 0 spiro atoms. The first-order valence-electron chi connectivity index (χ1n) is 15.1. The molecule has 0 heterocycles. The van der Waals surface area contributed by atoms with E-state index in [1.807, 2.05) is 0 Å². The Balaban J connectivity index is 1.75. The van der Waals surface area contributed by atoms with Gasteiger partial charge in [0.05, 0.1) is 51.9 Å². The van der Waals surface area contributed by atoms with Crippen LogP contribution in [0.5, 0.6) is 0 Å². The van der Waals surface area contributed by atoms with Gasteiger partial charge in [-0.15, -0.1) is 0 Å². The molecule has 0 unspecified atom stereocenters. The summed E-state index contributed by atoms with van der Waals surface area (Å²) in [6.07, 6.45) is 0. The lowest BCUT2D eigenvalue weighted by Gasteiger charge is -2.04. The number of hydrogen-bond acceptors (Lipinski definition) is 8. The lowest BCUT2D eigenvalue weighted by Crippen LogP contribution is -2.23. The van der Waals surface area contributed by atoms with Gasteiger partial charge in [0.2, 0.25) is 0 Å². The van der Waals surface area contributed by atoms with Gasteiger partial charge in [-0.25, -0.2) is 4.79 Å². The molecule has 10 N–H and O–H groups in total. The molecular formula is C40H34N6O4. The Morgan fingerprint density at radius 2 is 0.760 bits per heavy atom. The van der Waals surface area contributed by atoms with Crippen molar-refractivity contribution in [2.24, 2.45) is 22.9 Å². The van der Waals surface area contributed by atoms with E-state index in [2.05, 4.69) is 81.7 Å². The highest BCUT2D eigenvalue weighted by molar-refractivity contribution is 5.96. The lowest BCUT2D eigenvalue weighted by atomic mass is 10.0. The van der Waals surface area contributed by atoms with Gasteiger partial charge < -0.3 is 38.3 Å². The van der Waals surface area contributed by atoms with Crippen molar-refractivity contribution in [1.82, 2.24) is 10.6 Å². The van der Waals surface area contributed by atoms with Gasteiger partial charge in [-0.3, -0.25) is 9.59 Å². The van der Waals surface area contributed by atoms with Crippen LogP contribution in [0.15, 0.2) is 54.6 Å². The third-order valence-corrected chi connectivity index (χ3v) is 6.22. The molecule has 3 aromatic carbocycles. The molecule has 0 aliphatic rings. The van der Waals surface area contributed by atoms with Crippen molar-refractivity contribution in [2.75, 3.05) is 46.4 Å². The number of esters is 1. The summed E-state index contributed by atoms with van der Waals surface area (Å²) in [5.41, 5.74) is 26.2. The Hall–Kier alpha value is -6.73. The summed E-state index contributed by atoms with van der Waals surface area (Å²) < 4.78 is 4.88. The summed E-state index contributed by atoms with van der Waals surface area (Å²) in [7, 11) is 1.27. The molecule has 0 bridgehead atoms. The van der Waals surface area contributed by atoms with E-state index >= 15 is 0 Å². The first-order valence-corrected chi connectivity index (χ1v) is 15.1. The normalized spacial score (nSPS) is 9.06. The lowest BCUT2D eigenvalue weighted by molar-refractivity contribution is 0.0600. The van der Waals surface area contributed by atoms with Gasteiger partial charge in [0.1, 0.15) is 0 Å². The Kier molecular flexibility index (Phi) is 15.5. The fourth-order valence-corrected chi connectivity index (χ4v) is 4.17. The summed E-state index contributed by atoms with van der Waals surface area (Å²) in [6, 6.07) is 14.8. The van der Waals surface area contributed by atoms with Gasteiger partial charge in [0.25, 0.3) is 11.8 Å². The first kappa shape index (κ1) is 37.7. The smallest absolute Gasteiger partial charge is 0.337 e. The maximum atomic E-state index is 12.9. The van der Waals surface area contributed by atoms with Gasteiger partial charge >= 0.3 is 5.97 Å². The van der Waals surface area contributed by atoms with E-state index in [4.69, 9.17) is 27.7 Å². The van der Waals surface area contributed by atoms with Crippen LogP contribution in [0.25, 0.3) is 0 Å². The third kappa shape index (κ3) is 12.5. The number of nitrogens with one attached hydrogen (secondary N) is 2. The number of benzene rings is 3. The van der Waals surface area contributed by atoms with Gasteiger partial charge in [0.15, 0.2) is 0 Å². The van der Waals surface area contributed by atoms with Crippen LogP contribution in [-0.4, -0.2) is 64.2 Å². The number of carbonyl (C=O) groups is 3. The van der Waals surface area contributed by atoms with Crippen LogP contribution in [0.4, 0.5) is 0 Å². The Labute approximate surface area is 292 Å². The van der Waals surface area contributed by atoms with Crippen molar-refractivity contribution in [1.29, 1.82) is 0 Å². The molecule has 2 amide bonds. The quantitative estimate of drug-likeness (QED) is 0.166. The van der Waals surface area contributed by atoms with Crippen molar-refractivity contribution < 1.29 is 19.1 Å². The van der Waals surface area contributed by atoms with Crippen LogP contribution in [0.1, 0.15) is 64.5 Å². The molecule has 0 aromatic heterocycles. The van der Waals surface area contributed by atoms with Crippen LogP contribution in [0, 0.1) is 71.0 Å². The molecule has 0 radical (unpaired) electrons. The zero-order valence-corrected chi connectivity index (χ0v) is 27.4. The molecular weight excluding hydrogens is 628 g/mol. The summed E-state index contributed by atoms with van der Waals surface area (Å²) in [6.45, 7) is 0.708. The van der Waals surface area contributed by atoms with Crippen LogP contribution >= 0.6 is 0 Å². The number of nitrogens with two attached hydrogens (primary N) is 4. The van der Waals surface area contributed by atoms with Gasteiger partial charge in [-0.2, -0.15) is 0 Å². The van der Waals surface area contributed by atoms with E-state index in [1.165, 1.54) is 7.11 Å². The zero-order chi connectivity index (χ0) is 36.1. The van der Waals surface area contributed by atoms with Crippen LogP contribution in [-0.2, 0) is 4.74 Å². The van der Waals surface area contributed by atoms with Crippen LogP contribution < -0.4 is 33.6 Å². The van der Waals surface area contributed by atoms with E-state index in [0.29, 0.717) is 44.5 Å². The second kappa shape index (κ2) is 20.5. The molecule has 0 saturated heterocycles. The Bertz CT molecular complexity index is 1930. The maximum absolute atomic E-state index is 12.9. The molecule has 10 nitrogen and oxygen atoms in total. The minimum absolute atomic E-state index is 0.00930. The highest BCUT2D eigenvalue weighted by Crippen LogP contribution is 2.12. The van der Waals surface area contributed by atoms with Gasteiger partial charge in [-0.1, -0.05) is 71.0 Å². The molecule has 0 aliphatic carbocycles. The minimum atomic E-state index is -0.574. The number of ether oxygens (including phenoxy) is 1. The second-order valence-corrected chi connectivity index (χ2v) is 9.88. The van der Waals surface area contributed by atoms with E-state index in [0.717, 1.165) is 0 Å². The molecule has 3 rings (SSSR count). The molecule has 0 fully saturated rings. The van der Waals surface area contributed by atoms with E-state index in [9.17, 15) is 14.4 Å². The van der Waals surface area contributed by atoms with Crippen LogP contribution in [0.2, 0.25) is 0 Å². The number of carbonyl (C=O) groups excluding carboxylic acids is 3. The van der Waals surface area contributed by atoms with Crippen LogP contribution in [0.3, 0.4) is 0 Å². The van der Waals surface area contributed by atoms with Crippen molar-refractivity contribution in [3.8, 4) is 71.0 Å². The van der Waals surface area contributed by atoms with Crippen molar-refractivity contribution >= 4 is 17.8 Å². The summed E-state index contributed by atoms with van der Waals surface area (Å²) in [5, 5.41) is 5.50. The predicted molar refractivity (Wildman–Crippen MR) is 193 cm³/mol. The van der Waals surface area contributed by atoms with Gasteiger partial charge in [0, 0.05) is 44.5 Å². The van der Waals surface area contributed by atoms with E-state index in [1.54, 1.807) is 54.6 Å². The van der Waals surface area contributed by atoms with Crippen molar-refractivity contribution in [2.45, 2.75) is 0 Å². The van der Waals surface area contributed by atoms with Gasteiger partial charge in [-0.05, 0) is 54.6 Å². The van der Waals surface area contributed by atoms with Crippen molar-refractivity contribution in [3.05, 3.63) is 105 Å². The van der Waals surface area contributed by atoms with Crippen molar-refractivity contribution in [3.63, 3.8) is 0 Å². The molecule has 0 saturated carbocycles. The Morgan fingerprint density at radius 1 is 0.480 bits per heavy atom. The standard InChI is InChI=1S/C40H34N6O4/c1-50-40(49)37-27-33(12-6-18-45-38(47)35-23-29(8-2-14-41)20-30(24-35)9-3-15-42)22-34(28-37)13-7-19-46-39(48)36-25-31(10-4-16-43)21-32(26-36)11-5-17-44/h20-28H,14-19,41-44H2,1H3,(H,45,47)(H,46,48). The number of hydrogen-bond donors (Lipinski definition) is 6. The summed E-state index contributed by atoms with van der Waals surface area (Å²) in [5.74, 6) is 33.0. The molecule has 10 heteroatoms. The minimum Gasteiger partial charge on any atom is -0.465 e. The molecule has 50 heavy (non-hydrogen) atoms. The number of rotatable bonds is 5. The first-order chi connectivity index (χ1) is 24.3. The zero-order valence-electron chi connectivity index (χ0n) is 27.4. The van der Waals surface area contributed by atoms with E-state index < -0.39 is 5.97 Å². The molecule has 0 atom stereocenters. The monoisotopic (exact) mass is 662 g/mol. The predicted octanol–water partition coefficient (Wildman–Crippen LogP) is 0.277. The highest BCUT2D eigenvalue weighted by Gasteiger charge is 2.10. The molecule has 248 valence electrons. The highest BCUT2D eigenvalue weighted by atomic mass is 16.5. The fraction of sp³-hybridized carbons (Fsp3) is 0.175. The largest absolute Gasteiger partial charge is 0.465 e. The SMILES string of the molecule is COC(=O)c1cc(C#CCNC(=O)c2cc(C#CCN)cc(C#CCN)c2)cc(C#CCNC(=O)c2cc(C#CCN)cc(C#CCN)c2)c1. The maximum Gasteiger partial charge on any atom is 0.337 e. The summed E-state index contributed by atoms with van der Waals surface area (Å²) >= 11 is 0. The molecule has 0 aliphatic heterocycles. The average molecular weight is 663 g/mol.